The van der Waals surface area contributed by atoms with Gasteiger partial charge in [-0.05, 0) is 24.4 Å². The number of anilines is 4. The van der Waals surface area contributed by atoms with Gasteiger partial charge in [0.2, 0.25) is 11.9 Å². The molecule has 12 heteroatoms. The fourth-order valence-corrected chi connectivity index (χ4v) is 5.40. The fraction of sp³-hybridized carbons (Fsp3) is 0.435. The van der Waals surface area contributed by atoms with Crippen LogP contribution in [0.4, 0.5) is 23.4 Å². The number of rotatable bonds is 5. The number of fused-ring (bicyclic) bond motifs is 1. The molecule has 3 aromatic heterocycles. The maximum Gasteiger partial charge on any atom is 0.228 e. The average Bonchev–Trinajstić information content (AvgIpc) is 3.34. The van der Waals surface area contributed by atoms with Crippen molar-refractivity contribution in [1.29, 1.82) is 0 Å². The molecule has 6 heterocycles. The first-order valence-electron chi connectivity index (χ1n) is 11.8. The fourth-order valence-electron chi connectivity index (χ4n) is 4.49. The van der Waals surface area contributed by atoms with Gasteiger partial charge in [-0.3, -0.25) is 4.98 Å². The second-order valence-electron chi connectivity index (χ2n) is 8.52. The van der Waals surface area contributed by atoms with E-state index in [1.54, 1.807) is 24.3 Å². The van der Waals surface area contributed by atoms with Crippen LogP contribution in [0.2, 0.25) is 0 Å². The van der Waals surface area contributed by atoms with E-state index in [4.69, 9.17) is 25.2 Å². The molecule has 35 heavy (non-hydrogen) atoms. The van der Waals surface area contributed by atoms with E-state index in [-0.39, 0.29) is 5.95 Å². The molecule has 0 bridgehead atoms. The van der Waals surface area contributed by atoms with Crippen LogP contribution in [0.5, 0.6) is 0 Å². The van der Waals surface area contributed by atoms with Crippen LogP contribution >= 0.6 is 11.9 Å². The van der Waals surface area contributed by atoms with Crippen molar-refractivity contribution in [2.75, 3.05) is 74.7 Å². The minimum atomic E-state index is 0.245. The molecule has 0 radical (unpaired) electrons. The quantitative estimate of drug-likeness (QED) is 0.522. The molecule has 182 valence electrons. The number of nitrogen functional groups attached to an aromatic ring is 1. The highest BCUT2D eigenvalue weighted by molar-refractivity contribution is 7.97. The second kappa shape index (κ2) is 9.90. The first-order chi connectivity index (χ1) is 17.2. The van der Waals surface area contributed by atoms with Gasteiger partial charge in [-0.1, -0.05) is 0 Å². The zero-order valence-electron chi connectivity index (χ0n) is 19.3. The summed E-state index contributed by atoms with van der Waals surface area (Å²) in [6.07, 6.45) is 8.10. The topological polar surface area (TPSA) is 119 Å². The van der Waals surface area contributed by atoms with Crippen molar-refractivity contribution >= 4 is 35.3 Å². The van der Waals surface area contributed by atoms with Crippen molar-refractivity contribution in [2.45, 2.75) is 11.3 Å². The lowest BCUT2D eigenvalue weighted by atomic mass is 10.1. The molecule has 2 fully saturated rings. The molecule has 0 aromatic carbocycles. The van der Waals surface area contributed by atoms with Crippen molar-refractivity contribution in [1.82, 2.24) is 29.2 Å². The van der Waals surface area contributed by atoms with E-state index in [2.05, 4.69) is 35.1 Å². The Morgan fingerprint density at radius 3 is 2.37 bits per heavy atom. The summed E-state index contributed by atoms with van der Waals surface area (Å²) in [6.45, 7) is 6.97. The molecule has 3 aliphatic heterocycles. The van der Waals surface area contributed by atoms with E-state index in [0.717, 1.165) is 85.6 Å². The molecule has 0 spiro atoms. The van der Waals surface area contributed by atoms with Crippen molar-refractivity contribution in [3.63, 3.8) is 0 Å². The molecule has 0 amide bonds. The predicted octanol–water partition coefficient (Wildman–Crippen LogP) is 1.78. The number of hydrogen-bond donors (Lipinski definition) is 1. The van der Waals surface area contributed by atoms with Gasteiger partial charge in [-0.15, -0.1) is 0 Å². The predicted molar refractivity (Wildman–Crippen MR) is 134 cm³/mol. The zero-order valence-corrected chi connectivity index (χ0v) is 20.2. The van der Waals surface area contributed by atoms with E-state index in [0.29, 0.717) is 19.2 Å². The summed E-state index contributed by atoms with van der Waals surface area (Å²) in [5.41, 5.74) is 9.53. The van der Waals surface area contributed by atoms with Crippen molar-refractivity contribution in [2.24, 2.45) is 0 Å². The van der Waals surface area contributed by atoms with Crippen LogP contribution in [0.15, 0.2) is 35.7 Å². The Kier molecular flexibility index (Phi) is 6.34. The van der Waals surface area contributed by atoms with Gasteiger partial charge >= 0.3 is 0 Å². The van der Waals surface area contributed by atoms with Gasteiger partial charge in [0.15, 0.2) is 0 Å². The monoisotopic (exact) mass is 493 g/mol. The van der Waals surface area contributed by atoms with Crippen LogP contribution in [0.1, 0.15) is 5.56 Å². The average molecular weight is 494 g/mol. The molecule has 0 aliphatic carbocycles. The van der Waals surface area contributed by atoms with Crippen LogP contribution in [-0.4, -0.2) is 88.4 Å². The van der Waals surface area contributed by atoms with Crippen LogP contribution in [0.25, 0.3) is 11.3 Å². The molecular weight excluding hydrogens is 466 g/mol. The Balaban J connectivity index is 1.37. The first-order valence-corrected chi connectivity index (χ1v) is 12.6. The Hall–Kier alpha value is -3.06. The largest absolute Gasteiger partial charge is 0.379 e. The highest BCUT2D eigenvalue weighted by Crippen LogP contribution is 2.40. The number of hydrogen-bond acceptors (Lipinski definition) is 12. The van der Waals surface area contributed by atoms with E-state index in [1.165, 1.54) is 0 Å². The van der Waals surface area contributed by atoms with E-state index >= 15 is 0 Å². The molecule has 3 aromatic rings. The third-order valence-electron chi connectivity index (χ3n) is 6.27. The molecule has 11 nitrogen and oxygen atoms in total. The minimum absolute atomic E-state index is 0.245. The smallest absolute Gasteiger partial charge is 0.228 e. The summed E-state index contributed by atoms with van der Waals surface area (Å²) in [4.78, 5) is 28.5. The minimum Gasteiger partial charge on any atom is -0.379 e. The van der Waals surface area contributed by atoms with Crippen molar-refractivity contribution in [3.8, 4) is 11.3 Å². The molecule has 3 aliphatic rings. The molecule has 2 N–H and O–H groups in total. The van der Waals surface area contributed by atoms with Crippen LogP contribution < -0.4 is 15.5 Å². The molecule has 0 saturated carbocycles. The normalized spacial score (nSPS) is 18.6. The van der Waals surface area contributed by atoms with Crippen molar-refractivity contribution < 1.29 is 9.47 Å². The molecule has 0 unspecified atom stereocenters. The van der Waals surface area contributed by atoms with Crippen LogP contribution in [0, 0.1) is 0 Å². The Morgan fingerprint density at radius 2 is 1.60 bits per heavy atom. The summed E-state index contributed by atoms with van der Waals surface area (Å²) in [7, 11) is 0. The van der Waals surface area contributed by atoms with Gasteiger partial charge in [0.1, 0.15) is 5.82 Å². The Labute approximate surface area is 207 Å². The summed E-state index contributed by atoms with van der Waals surface area (Å²) >= 11 is 1.73. The van der Waals surface area contributed by atoms with Crippen LogP contribution in [-0.2, 0) is 15.9 Å². The zero-order chi connectivity index (χ0) is 23.6. The van der Waals surface area contributed by atoms with Gasteiger partial charge in [0.25, 0.3) is 0 Å². The van der Waals surface area contributed by atoms with Gasteiger partial charge < -0.3 is 25.0 Å². The third kappa shape index (κ3) is 4.74. The maximum absolute atomic E-state index is 5.74. The summed E-state index contributed by atoms with van der Waals surface area (Å²) in [5.74, 6) is 1.84. The van der Waals surface area contributed by atoms with Gasteiger partial charge in [-0.25, -0.2) is 19.3 Å². The molecule has 6 rings (SSSR count). The SMILES string of the molecule is Nc1ncc(-c2nc(N3CCOCC3)nc3c2CCN3c2cncc(SN3CCOCC3)c2)cn1. The maximum atomic E-state index is 5.74. The summed E-state index contributed by atoms with van der Waals surface area (Å²) in [5, 5.41) is 0. The standard InChI is InChI=1S/C23H27N9O2S/c24-22-26-12-16(13-27-22)20-19-1-2-32(21(19)29-23(28-20)30-3-7-33-8-4-30)17-11-18(15-25-14-17)35-31-5-9-34-10-6-31/h11-15H,1-10H2,(H2,24,26,27). The van der Waals surface area contributed by atoms with Gasteiger partial charge in [0.05, 0.1) is 44.0 Å². The van der Waals surface area contributed by atoms with Crippen LogP contribution in [0.3, 0.4) is 0 Å². The third-order valence-corrected chi connectivity index (χ3v) is 7.33. The highest BCUT2D eigenvalue weighted by Gasteiger charge is 2.30. The lowest BCUT2D eigenvalue weighted by molar-refractivity contribution is 0.0773. The highest BCUT2D eigenvalue weighted by atomic mass is 32.2. The lowest BCUT2D eigenvalue weighted by Gasteiger charge is -2.28. The Bertz CT molecular complexity index is 1180. The lowest BCUT2D eigenvalue weighted by Crippen LogP contribution is -2.37. The molecule has 0 atom stereocenters. The molecule has 2 saturated heterocycles. The number of nitrogens with two attached hydrogens (primary N) is 1. The number of aromatic nitrogens is 5. The Morgan fingerprint density at radius 1 is 0.857 bits per heavy atom. The van der Waals surface area contributed by atoms with Gasteiger partial charge in [0, 0.05) is 67.3 Å². The van der Waals surface area contributed by atoms with E-state index < -0.39 is 0 Å². The van der Waals surface area contributed by atoms with Gasteiger partial charge in [-0.2, -0.15) is 4.98 Å². The summed E-state index contributed by atoms with van der Waals surface area (Å²) < 4.78 is 13.3. The second-order valence-corrected chi connectivity index (χ2v) is 9.69. The molecular formula is C23H27N9O2S. The number of pyridine rings is 1. The number of nitrogens with zero attached hydrogens (tertiary/aromatic N) is 8. The summed E-state index contributed by atoms with van der Waals surface area (Å²) in [6, 6.07) is 2.19. The van der Waals surface area contributed by atoms with E-state index in [1.807, 2.05) is 12.4 Å². The van der Waals surface area contributed by atoms with Crippen molar-refractivity contribution in [3.05, 3.63) is 36.4 Å². The number of morpholine rings is 2. The van der Waals surface area contributed by atoms with E-state index in [9.17, 15) is 0 Å². The first kappa shape index (κ1) is 22.4. The number of ether oxygens (including phenoxy) is 2.